The zero-order valence-corrected chi connectivity index (χ0v) is 22.6. The van der Waals surface area contributed by atoms with E-state index in [0.29, 0.717) is 38.6 Å². The van der Waals surface area contributed by atoms with Crippen LogP contribution in [-0.4, -0.2) is 91.2 Å². The van der Waals surface area contributed by atoms with Gasteiger partial charge in [0.05, 0.1) is 18.0 Å². The summed E-state index contributed by atoms with van der Waals surface area (Å²) in [6.45, 7) is 2.99. The maximum Gasteiger partial charge on any atom is 0.313 e. The number of aromatic nitrogens is 3. The van der Waals surface area contributed by atoms with Crippen molar-refractivity contribution in [3.8, 4) is 0 Å². The van der Waals surface area contributed by atoms with E-state index in [4.69, 9.17) is 9.47 Å². The molecule has 2 amide bonds. The van der Waals surface area contributed by atoms with E-state index in [-0.39, 0.29) is 38.2 Å². The van der Waals surface area contributed by atoms with Crippen LogP contribution < -0.4 is 0 Å². The number of aliphatic hydroxyl groups is 1. The normalized spacial score (nSPS) is 31.6. The van der Waals surface area contributed by atoms with E-state index < -0.39 is 35.0 Å². The van der Waals surface area contributed by atoms with E-state index in [1.807, 2.05) is 55.5 Å². The number of aliphatic hydroxyl groups excluding tert-OH is 1. The van der Waals surface area contributed by atoms with Crippen LogP contribution >= 0.6 is 0 Å². The Morgan fingerprint density at radius 1 is 1.05 bits per heavy atom. The number of amides is 2. The molecule has 2 aromatic rings. The minimum absolute atomic E-state index is 0.0631. The lowest BCUT2D eigenvalue weighted by Gasteiger charge is -2.38. The topological polar surface area (TPSA) is 127 Å². The smallest absolute Gasteiger partial charge is 0.313 e. The van der Waals surface area contributed by atoms with Crippen molar-refractivity contribution in [1.29, 1.82) is 0 Å². The molecule has 0 radical (unpaired) electrons. The van der Waals surface area contributed by atoms with Gasteiger partial charge in [0.1, 0.15) is 35.3 Å². The lowest BCUT2D eigenvalue weighted by atomic mass is 9.73. The number of ether oxygens (including phenoxy) is 2. The average Bonchev–Trinajstić information content (AvgIpc) is 3.52. The minimum Gasteiger partial charge on any atom is -0.465 e. The number of rotatable bonds is 8. The van der Waals surface area contributed by atoms with Gasteiger partial charge in [0.25, 0.3) is 5.91 Å². The van der Waals surface area contributed by atoms with Crippen LogP contribution in [0.15, 0.2) is 48.6 Å². The molecule has 11 heteroatoms. The standard InChI is InChI=1S/C29H35N5O6/c1-2-28-13-6-9-18-39-27(38)23(28)22-25(36)33(16-7-3-8-17-35)24-26(37)32(15-10-14-29(22,24)40-28)19-34-21-12-5-4-11-20(21)30-31-34/h4-6,10-14,22-24,35H,2-3,7-9,15-19H2,1H3/t22-,23+,24?,28-,29-/m0/s1. The number of benzene rings is 1. The summed E-state index contributed by atoms with van der Waals surface area (Å²) in [5.74, 6) is -2.75. The van der Waals surface area contributed by atoms with Crippen LogP contribution in [0.1, 0.15) is 39.0 Å². The van der Waals surface area contributed by atoms with Crippen LogP contribution in [0.3, 0.4) is 0 Å². The summed E-state index contributed by atoms with van der Waals surface area (Å²) in [5, 5.41) is 17.7. The third kappa shape index (κ3) is 4.05. The molecule has 1 aromatic heterocycles. The molecule has 5 atom stereocenters. The molecule has 6 rings (SSSR count). The summed E-state index contributed by atoms with van der Waals surface area (Å²) in [6, 6.07) is 6.59. The summed E-state index contributed by atoms with van der Waals surface area (Å²) >= 11 is 0. The number of fused-ring (bicyclic) bond motifs is 3. The van der Waals surface area contributed by atoms with Crippen LogP contribution in [0.5, 0.6) is 0 Å². The second kappa shape index (κ2) is 10.4. The Morgan fingerprint density at radius 2 is 1.90 bits per heavy atom. The Balaban J connectivity index is 1.41. The summed E-state index contributed by atoms with van der Waals surface area (Å²) in [5.41, 5.74) is -0.850. The molecule has 0 bridgehead atoms. The van der Waals surface area contributed by atoms with Crippen molar-refractivity contribution in [2.75, 3.05) is 26.3 Å². The van der Waals surface area contributed by atoms with Crippen molar-refractivity contribution in [2.24, 2.45) is 11.8 Å². The van der Waals surface area contributed by atoms with E-state index >= 15 is 0 Å². The van der Waals surface area contributed by atoms with Crippen molar-refractivity contribution < 1.29 is 29.0 Å². The first-order valence-electron chi connectivity index (χ1n) is 14.2. The van der Waals surface area contributed by atoms with E-state index in [1.165, 1.54) is 0 Å². The largest absolute Gasteiger partial charge is 0.465 e. The van der Waals surface area contributed by atoms with E-state index in [0.717, 1.165) is 11.0 Å². The molecule has 4 aliphatic heterocycles. The first kappa shape index (κ1) is 26.6. The highest BCUT2D eigenvalue weighted by atomic mass is 16.6. The predicted octanol–water partition coefficient (Wildman–Crippen LogP) is 1.81. The minimum atomic E-state index is -1.32. The van der Waals surface area contributed by atoms with Crippen molar-refractivity contribution in [3.63, 3.8) is 0 Å². The SMILES string of the molecule is CC[C@]12C=CCCOC(=O)[C@H]1[C@H]1C(=O)N(CCCCCO)C3C(=O)N(Cn4nnc5ccccc54)CC=C[C@@]31O2. The summed E-state index contributed by atoms with van der Waals surface area (Å²) in [4.78, 5) is 45.4. The molecule has 40 heavy (non-hydrogen) atoms. The van der Waals surface area contributed by atoms with Gasteiger partial charge in [-0.2, -0.15) is 0 Å². The van der Waals surface area contributed by atoms with Crippen molar-refractivity contribution in [2.45, 2.75) is 62.9 Å². The number of cyclic esters (lactones) is 1. The molecule has 11 nitrogen and oxygen atoms in total. The number of nitrogens with zero attached hydrogens (tertiary/aromatic N) is 5. The van der Waals surface area contributed by atoms with Gasteiger partial charge in [0.2, 0.25) is 5.91 Å². The zero-order chi connectivity index (χ0) is 27.9. The number of hydrogen-bond acceptors (Lipinski definition) is 8. The number of unbranched alkanes of at least 4 members (excludes halogenated alkanes) is 2. The molecule has 1 unspecified atom stereocenters. The fourth-order valence-corrected chi connectivity index (χ4v) is 6.90. The Morgan fingerprint density at radius 3 is 2.73 bits per heavy atom. The monoisotopic (exact) mass is 549 g/mol. The molecule has 1 aromatic carbocycles. The van der Waals surface area contributed by atoms with Crippen molar-refractivity contribution in [3.05, 3.63) is 48.6 Å². The second-order valence-corrected chi connectivity index (χ2v) is 11.0. The number of carbonyl (C=O) groups is 3. The number of para-hydroxylation sites is 1. The molecule has 0 saturated carbocycles. The van der Waals surface area contributed by atoms with Crippen molar-refractivity contribution in [1.82, 2.24) is 24.8 Å². The lowest BCUT2D eigenvalue weighted by molar-refractivity contribution is -0.162. The highest BCUT2D eigenvalue weighted by Gasteiger charge is 2.75. The van der Waals surface area contributed by atoms with Gasteiger partial charge in [0, 0.05) is 19.7 Å². The fourth-order valence-electron chi connectivity index (χ4n) is 6.90. The van der Waals surface area contributed by atoms with Gasteiger partial charge in [-0.05, 0) is 44.2 Å². The van der Waals surface area contributed by atoms with E-state index in [1.54, 1.807) is 14.5 Å². The lowest BCUT2D eigenvalue weighted by Crippen LogP contribution is -2.56. The number of carbonyl (C=O) groups excluding carboxylic acids is 3. The first-order valence-corrected chi connectivity index (χ1v) is 14.2. The van der Waals surface area contributed by atoms with Crippen molar-refractivity contribution >= 4 is 28.8 Å². The molecule has 1 spiro atoms. The third-order valence-electron chi connectivity index (χ3n) is 8.77. The molecule has 5 heterocycles. The highest BCUT2D eigenvalue weighted by molar-refractivity contribution is 5.99. The quantitative estimate of drug-likeness (QED) is 0.300. The van der Waals surface area contributed by atoms with Gasteiger partial charge in [-0.25, -0.2) is 4.68 Å². The molecule has 2 saturated heterocycles. The molecule has 212 valence electrons. The molecule has 0 aliphatic carbocycles. The van der Waals surface area contributed by atoms with Crippen LogP contribution in [0, 0.1) is 11.8 Å². The fraction of sp³-hybridized carbons (Fsp3) is 0.552. The summed E-state index contributed by atoms with van der Waals surface area (Å²) in [6.07, 6.45) is 10.5. The van der Waals surface area contributed by atoms with Crippen LogP contribution in [0.25, 0.3) is 11.0 Å². The van der Waals surface area contributed by atoms with Crippen LogP contribution in [0.2, 0.25) is 0 Å². The van der Waals surface area contributed by atoms with E-state index in [9.17, 15) is 19.5 Å². The van der Waals surface area contributed by atoms with Gasteiger partial charge in [-0.15, -0.1) is 5.10 Å². The Hall–Kier alpha value is -3.57. The molecular formula is C29H35N5O6. The summed E-state index contributed by atoms with van der Waals surface area (Å²) < 4.78 is 14.2. The van der Waals surface area contributed by atoms with Crippen LogP contribution in [-0.2, 0) is 30.5 Å². The number of hydrogen-bond donors (Lipinski definition) is 1. The van der Waals surface area contributed by atoms with Gasteiger partial charge in [-0.3, -0.25) is 14.4 Å². The molecular weight excluding hydrogens is 514 g/mol. The van der Waals surface area contributed by atoms with Gasteiger partial charge < -0.3 is 24.4 Å². The van der Waals surface area contributed by atoms with Gasteiger partial charge >= 0.3 is 5.97 Å². The van der Waals surface area contributed by atoms with Crippen LogP contribution in [0.4, 0.5) is 0 Å². The number of esters is 1. The predicted molar refractivity (Wildman–Crippen MR) is 143 cm³/mol. The maximum absolute atomic E-state index is 14.5. The molecule has 4 aliphatic rings. The zero-order valence-electron chi connectivity index (χ0n) is 22.6. The summed E-state index contributed by atoms with van der Waals surface area (Å²) in [7, 11) is 0. The third-order valence-corrected chi connectivity index (χ3v) is 8.77. The Kier molecular flexibility index (Phi) is 6.95. The Bertz CT molecular complexity index is 1370. The average molecular weight is 550 g/mol. The second-order valence-electron chi connectivity index (χ2n) is 11.0. The molecule has 1 N–H and O–H groups in total. The molecule has 2 fully saturated rings. The maximum atomic E-state index is 14.5. The highest BCUT2D eigenvalue weighted by Crippen LogP contribution is 2.58. The van der Waals surface area contributed by atoms with E-state index in [2.05, 4.69) is 10.3 Å². The Labute approximate surface area is 232 Å². The van der Waals surface area contributed by atoms with Gasteiger partial charge in [-0.1, -0.05) is 48.6 Å². The first-order chi connectivity index (χ1) is 19.5. The number of likely N-dealkylation sites (tertiary alicyclic amines) is 1. The van der Waals surface area contributed by atoms with Gasteiger partial charge in [0.15, 0.2) is 0 Å².